The van der Waals surface area contributed by atoms with Gasteiger partial charge in [0.25, 0.3) is 0 Å². The summed E-state index contributed by atoms with van der Waals surface area (Å²) in [4.78, 5) is 26.6. The SMILES string of the molecule is CCn1ccc(-c2cc(C(=O)O)n3nc(C(=O)O)cc3n2)n1. The number of hydrogen-bond acceptors (Lipinski definition) is 5. The summed E-state index contributed by atoms with van der Waals surface area (Å²) in [6.07, 6.45) is 1.75. The second-order valence-electron chi connectivity index (χ2n) is 4.49. The van der Waals surface area contributed by atoms with Gasteiger partial charge in [-0.05, 0) is 19.1 Å². The summed E-state index contributed by atoms with van der Waals surface area (Å²) in [6, 6.07) is 4.24. The van der Waals surface area contributed by atoms with Gasteiger partial charge < -0.3 is 10.2 Å². The molecule has 0 amide bonds. The zero-order chi connectivity index (χ0) is 15.9. The Morgan fingerprint density at radius 1 is 1.14 bits per heavy atom. The maximum atomic E-state index is 11.4. The normalized spacial score (nSPS) is 11.0. The van der Waals surface area contributed by atoms with Gasteiger partial charge in [0, 0.05) is 18.8 Å². The molecule has 0 spiro atoms. The Kier molecular flexibility index (Phi) is 3.09. The first-order valence-electron chi connectivity index (χ1n) is 6.41. The number of fused-ring (bicyclic) bond motifs is 1. The van der Waals surface area contributed by atoms with Crippen LogP contribution in [-0.2, 0) is 6.54 Å². The Morgan fingerprint density at radius 2 is 1.91 bits per heavy atom. The standard InChI is InChI=1S/C13H11N5O4/c1-2-17-4-3-7(15-17)8-5-10(13(21)22)18-11(14-8)6-9(16-18)12(19)20/h3-6H,2H2,1H3,(H,19,20)(H,21,22). The first-order valence-corrected chi connectivity index (χ1v) is 6.41. The molecule has 0 unspecified atom stereocenters. The van der Waals surface area contributed by atoms with Gasteiger partial charge in [0.1, 0.15) is 5.69 Å². The predicted molar refractivity (Wildman–Crippen MR) is 73.8 cm³/mol. The van der Waals surface area contributed by atoms with E-state index in [0.717, 1.165) is 4.52 Å². The molecule has 112 valence electrons. The molecule has 0 aliphatic carbocycles. The molecule has 0 aliphatic heterocycles. The van der Waals surface area contributed by atoms with Crippen LogP contribution < -0.4 is 0 Å². The van der Waals surface area contributed by atoms with E-state index in [4.69, 9.17) is 5.11 Å². The van der Waals surface area contributed by atoms with Gasteiger partial charge >= 0.3 is 11.9 Å². The minimum absolute atomic E-state index is 0.137. The van der Waals surface area contributed by atoms with Crippen LogP contribution >= 0.6 is 0 Å². The lowest BCUT2D eigenvalue weighted by atomic mass is 10.2. The first kappa shape index (κ1) is 13.7. The summed E-state index contributed by atoms with van der Waals surface area (Å²) in [5.41, 5.74) is 0.530. The molecule has 9 heteroatoms. The van der Waals surface area contributed by atoms with Crippen LogP contribution in [0.2, 0.25) is 0 Å². The Hall–Kier alpha value is -3.23. The fraction of sp³-hybridized carbons (Fsp3) is 0.154. The summed E-state index contributed by atoms with van der Waals surface area (Å²) in [6.45, 7) is 2.59. The van der Waals surface area contributed by atoms with Crippen LogP contribution in [-0.4, -0.2) is 46.5 Å². The van der Waals surface area contributed by atoms with E-state index in [1.165, 1.54) is 12.1 Å². The number of carbonyl (C=O) groups is 2. The largest absolute Gasteiger partial charge is 0.477 e. The van der Waals surface area contributed by atoms with Gasteiger partial charge in [0.05, 0.1) is 5.69 Å². The fourth-order valence-electron chi connectivity index (χ4n) is 2.04. The van der Waals surface area contributed by atoms with Crippen LogP contribution in [0.3, 0.4) is 0 Å². The molecule has 3 rings (SSSR count). The number of carboxylic acid groups (broad SMARTS) is 2. The predicted octanol–water partition coefficient (Wildman–Crippen LogP) is 1.01. The van der Waals surface area contributed by atoms with E-state index >= 15 is 0 Å². The summed E-state index contributed by atoms with van der Waals surface area (Å²) in [7, 11) is 0. The summed E-state index contributed by atoms with van der Waals surface area (Å²) >= 11 is 0. The lowest BCUT2D eigenvalue weighted by molar-refractivity contribution is 0.0671. The molecular weight excluding hydrogens is 290 g/mol. The van der Waals surface area contributed by atoms with Crippen LogP contribution in [0.5, 0.6) is 0 Å². The Labute approximate surface area is 123 Å². The van der Waals surface area contributed by atoms with Gasteiger partial charge in [-0.2, -0.15) is 10.2 Å². The smallest absolute Gasteiger partial charge is 0.356 e. The van der Waals surface area contributed by atoms with Crippen molar-refractivity contribution in [2.24, 2.45) is 0 Å². The van der Waals surface area contributed by atoms with E-state index in [0.29, 0.717) is 17.9 Å². The van der Waals surface area contributed by atoms with Crippen LogP contribution in [0, 0.1) is 0 Å². The van der Waals surface area contributed by atoms with Crippen molar-refractivity contribution in [1.82, 2.24) is 24.4 Å². The van der Waals surface area contributed by atoms with Crippen LogP contribution in [0.25, 0.3) is 17.0 Å². The van der Waals surface area contributed by atoms with Crippen molar-refractivity contribution in [3.05, 3.63) is 35.8 Å². The van der Waals surface area contributed by atoms with Crippen molar-refractivity contribution in [2.45, 2.75) is 13.5 Å². The highest BCUT2D eigenvalue weighted by Crippen LogP contribution is 2.19. The molecule has 0 saturated heterocycles. The minimum Gasteiger partial charge on any atom is -0.477 e. The highest BCUT2D eigenvalue weighted by Gasteiger charge is 2.18. The summed E-state index contributed by atoms with van der Waals surface area (Å²) in [5, 5.41) is 26.3. The van der Waals surface area contributed by atoms with Crippen molar-refractivity contribution in [2.75, 3.05) is 0 Å². The number of rotatable bonds is 4. The van der Waals surface area contributed by atoms with Crippen LogP contribution in [0.4, 0.5) is 0 Å². The number of nitrogens with zero attached hydrogens (tertiary/aromatic N) is 5. The maximum absolute atomic E-state index is 11.4. The third kappa shape index (κ3) is 2.18. The van der Waals surface area contributed by atoms with Crippen LogP contribution in [0.1, 0.15) is 27.9 Å². The lowest BCUT2D eigenvalue weighted by Gasteiger charge is -2.02. The van der Waals surface area contributed by atoms with Gasteiger partial charge in [0.2, 0.25) is 0 Å². The van der Waals surface area contributed by atoms with Crippen LogP contribution in [0.15, 0.2) is 24.4 Å². The van der Waals surface area contributed by atoms with E-state index in [-0.39, 0.29) is 17.0 Å². The maximum Gasteiger partial charge on any atom is 0.356 e. The highest BCUT2D eigenvalue weighted by atomic mass is 16.4. The van der Waals surface area contributed by atoms with E-state index in [2.05, 4.69) is 15.2 Å². The molecule has 9 nitrogen and oxygen atoms in total. The van der Waals surface area contributed by atoms with Gasteiger partial charge in [0.15, 0.2) is 17.0 Å². The average molecular weight is 301 g/mol. The third-order valence-electron chi connectivity index (χ3n) is 3.09. The Bertz CT molecular complexity index is 895. The topological polar surface area (TPSA) is 123 Å². The fourth-order valence-corrected chi connectivity index (χ4v) is 2.04. The molecule has 0 aliphatic rings. The summed E-state index contributed by atoms with van der Waals surface area (Å²) in [5.74, 6) is -2.48. The molecule has 0 atom stereocenters. The minimum atomic E-state index is -1.25. The Morgan fingerprint density at radius 3 is 2.50 bits per heavy atom. The Balaban J connectivity index is 2.23. The number of aryl methyl sites for hydroxylation is 1. The third-order valence-corrected chi connectivity index (χ3v) is 3.09. The number of carboxylic acids is 2. The molecule has 3 aromatic rings. The van der Waals surface area contributed by atoms with E-state index in [1.807, 2.05) is 6.92 Å². The molecule has 3 heterocycles. The van der Waals surface area contributed by atoms with Crippen molar-refractivity contribution in [3.8, 4) is 11.4 Å². The van der Waals surface area contributed by atoms with Crippen molar-refractivity contribution in [1.29, 1.82) is 0 Å². The lowest BCUT2D eigenvalue weighted by Crippen LogP contribution is -2.09. The molecule has 0 aromatic carbocycles. The van der Waals surface area contributed by atoms with E-state index in [1.54, 1.807) is 16.9 Å². The molecule has 0 fully saturated rings. The molecule has 2 N–H and O–H groups in total. The zero-order valence-corrected chi connectivity index (χ0v) is 11.5. The van der Waals surface area contributed by atoms with Crippen molar-refractivity contribution >= 4 is 17.6 Å². The summed E-state index contributed by atoms with van der Waals surface area (Å²) < 4.78 is 2.67. The molecular formula is C13H11N5O4. The number of aromatic carboxylic acids is 2. The van der Waals surface area contributed by atoms with Gasteiger partial charge in [-0.3, -0.25) is 4.68 Å². The second kappa shape index (κ2) is 4.95. The van der Waals surface area contributed by atoms with E-state index in [9.17, 15) is 14.7 Å². The number of hydrogen-bond donors (Lipinski definition) is 2. The van der Waals surface area contributed by atoms with Crippen molar-refractivity contribution < 1.29 is 19.8 Å². The second-order valence-corrected chi connectivity index (χ2v) is 4.49. The average Bonchev–Trinajstić information content (AvgIpc) is 3.12. The quantitative estimate of drug-likeness (QED) is 0.737. The highest BCUT2D eigenvalue weighted by molar-refractivity contribution is 5.90. The molecule has 22 heavy (non-hydrogen) atoms. The van der Waals surface area contributed by atoms with E-state index < -0.39 is 11.9 Å². The number of aromatic nitrogens is 5. The molecule has 3 aromatic heterocycles. The molecule has 0 radical (unpaired) electrons. The van der Waals surface area contributed by atoms with Gasteiger partial charge in [-0.15, -0.1) is 0 Å². The van der Waals surface area contributed by atoms with Gasteiger partial charge in [-0.25, -0.2) is 19.1 Å². The zero-order valence-electron chi connectivity index (χ0n) is 11.5. The molecule has 0 bridgehead atoms. The van der Waals surface area contributed by atoms with Crippen molar-refractivity contribution in [3.63, 3.8) is 0 Å². The first-order chi connectivity index (χ1) is 10.5. The van der Waals surface area contributed by atoms with Gasteiger partial charge in [-0.1, -0.05) is 0 Å². The monoisotopic (exact) mass is 301 g/mol. The molecule has 0 saturated carbocycles.